The predicted molar refractivity (Wildman–Crippen MR) is 137 cm³/mol. The topological polar surface area (TPSA) is 32.9 Å². The summed E-state index contributed by atoms with van der Waals surface area (Å²) in [5, 5.41) is 2.16. The molecule has 0 amide bonds. The molecular weight excluding hydrogens is 416 g/mol. The zero-order valence-electron chi connectivity index (χ0n) is 19.5. The molecule has 34 heavy (non-hydrogen) atoms. The first kappa shape index (κ1) is 21.5. The number of aromatic nitrogens is 3. The Morgan fingerprint density at radius 3 is 2.00 bits per heavy atom. The van der Waals surface area contributed by atoms with Gasteiger partial charge in [-0.15, -0.1) is 5.01 Å². The van der Waals surface area contributed by atoms with E-state index in [2.05, 4.69) is 78.1 Å². The number of benzene rings is 3. The highest BCUT2D eigenvalue weighted by atomic mass is 15.6. The molecule has 4 heteroatoms. The predicted octanol–water partition coefficient (Wildman–Crippen LogP) is 6.18. The third-order valence-corrected chi connectivity index (χ3v) is 5.72. The first-order valence-electron chi connectivity index (χ1n) is 11.5. The van der Waals surface area contributed by atoms with Gasteiger partial charge in [0.1, 0.15) is 12.2 Å². The average Bonchev–Trinajstić information content (AvgIpc) is 2.88. The van der Waals surface area contributed by atoms with Crippen molar-refractivity contribution in [3.63, 3.8) is 0 Å². The maximum atomic E-state index is 5.17. The van der Waals surface area contributed by atoms with Gasteiger partial charge in [-0.3, -0.25) is 0 Å². The van der Waals surface area contributed by atoms with Crippen LogP contribution in [0.3, 0.4) is 0 Å². The molecule has 0 unspecified atom stereocenters. The van der Waals surface area contributed by atoms with Crippen LogP contribution in [0.5, 0.6) is 0 Å². The van der Waals surface area contributed by atoms with E-state index in [1.165, 1.54) is 16.7 Å². The lowest BCUT2D eigenvalue weighted by atomic mass is 10.0. The van der Waals surface area contributed by atoms with Crippen LogP contribution in [0.25, 0.3) is 22.5 Å². The molecule has 2 aromatic heterocycles. The summed E-state index contributed by atoms with van der Waals surface area (Å²) in [4.78, 5) is 10.2. The van der Waals surface area contributed by atoms with Gasteiger partial charge in [0, 0.05) is 23.3 Å². The van der Waals surface area contributed by atoms with Crippen molar-refractivity contribution in [2.75, 3.05) is 5.01 Å². The van der Waals surface area contributed by atoms with Gasteiger partial charge in [-0.2, -0.15) is 0 Å². The zero-order valence-corrected chi connectivity index (χ0v) is 19.5. The lowest BCUT2D eigenvalue weighted by Gasteiger charge is -2.20. The van der Waals surface area contributed by atoms with E-state index in [0.29, 0.717) is 6.54 Å². The Morgan fingerprint density at radius 2 is 1.32 bits per heavy atom. The van der Waals surface area contributed by atoms with E-state index in [-0.39, 0.29) is 0 Å². The van der Waals surface area contributed by atoms with Gasteiger partial charge < -0.3 is 0 Å². The molecule has 0 aliphatic rings. The highest BCUT2D eigenvalue weighted by Crippen LogP contribution is 2.30. The fraction of sp³-hybridized carbons (Fsp3) is 0.100. The van der Waals surface area contributed by atoms with Crippen molar-refractivity contribution >= 4 is 5.82 Å². The molecule has 0 aliphatic heterocycles. The van der Waals surface area contributed by atoms with Crippen molar-refractivity contribution in [2.24, 2.45) is 0 Å². The quantitative estimate of drug-likeness (QED) is 0.294. The fourth-order valence-corrected chi connectivity index (χ4v) is 4.20. The lowest BCUT2D eigenvalue weighted by Crippen LogP contribution is -2.54. The summed E-state index contributed by atoms with van der Waals surface area (Å²) in [5.41, 5.74) is 7.46. The molecule has 166 valence electrons. The van der Waals surface area contributed by atoms with E-state index >= 15 is 0 Å². The number of hydrogen-bond donors (Lipinski definition) is 0. The lowest BCUT2D eigenvalue weighted by molar-refractivity contribution is -0.686. The van der Waals surface area contributed by atoms with Gasteiger partial charge in [0.15, 0.2) is 12.4 Å². The molecule has 0 saturated carbocycles. The summed E-state index contributed by atoms with van der Waals surface area (Å²) < 4.78 is 2.07. The third kappa shape index (κ3) is 4.71. The number of pyridine rings is 1. The number of aryl methyl sites for hydroxylation is 2. The molecule has 0 spiro atoms. The SMILES string of the molecule is Cc1cc(C)cc(-c2cnc(N(Cc3ccccc3)[n+]3ccccc3)c(-c3ccccc3)n2)c1. The second-order valence-corrected chi connectivity index (χ2v) is 8.47. The van der Waals surface area contributed by atoms with Crippen LogP contribution in [-0.2, 0) is 6.54 Å². The molecule has 5 aromatic rings. The van der Waals surface area contributed by atoms with E-state index < -0.39 is 0 Å². The second-order valence-electron chi connectivity index (χ2n) is 8.47. The van der Waals surface area contributed by atoms with Crippen LogP contribution in [-0.4, -0.2) is 9.97 Å². The Labute approximate surface area is 200 Å². The minimum Gasteiger partial charge on any atom is -0.242 e. The Morgan fingerprint density at radius 1 is 0.706 bits per heavy atom. The largest absolute Gasteiger partial charge is 0.242 e. The fourth-order valence-electron chi connectivity index (χ4n) is 4.20. The molecule has 0 saturated heterocycles. The van der Waals surface area contributed by atoms with E-state index in [1.807, 2.05) is 61.1 Å². The van der Waals surface area contributed by atoms with Crippen LogP contribution in [0.15, 0.2) is 116 Å². The van der Waals surface area contributed by atoms with Gasteiger partial charge in [0.2, 0.25) is 5.82 Å². The summed E-state index contributed by atoms with van der Waals surface area (Å²) in [7, 11) is 0. The minimum absolute atomic E-state index is 0.660. The zero-order chi connectivity index (χ0) is 23.3. The maximum Gasteiger partial charge on any atom is 0.215 e. The van der Waals surface area contributed by atoms with Crippen molar-refractivity contribution in [3.05, 3.63) is 132 Å². The molecule has 0 radical (unpaired) electrons. The Kier molecular flexibility index (Phi) is 6.13. The molecule has 5 rings (SSSR count). The molecule has 0 aliphatic carbocycles. The minimum atomic E-state index is 0.660. The summed E-state index contributed by atoms with van der Waals surface area (Å²) in [6.45, 7) is 4.89. The molecule has 3 aromatic carbocycles. The first-order valence-corrected chi connectivity index (χ1v) is 11.5. The van der Waals surface area contributed by atoms with E-state index in [9.17, 15) is 0 Å². The highest BCUT2D eigenvalue weighted by molar-refractivity contribution is 5.74. The Bertz CT molecular complexity index is 1360. The number of anilines is 1. The van der Waals surface area contributed by atoms with Crippen molar-refractivity contribution in [1.82, 2.24) is 9.97 Å². The summed E-state index contributed by atoms with van der Waals surface area (Å²) in [6, 6.07) is 33.3. The van der Waals surface area contributed by atoms with Crippen molar-refractivity contribution in [2.45, 2.75) is 20.4 Å². The monoisotopic (exact) mass is 443 g/mol. The van der Waals surface area contributed by atoms with Crippen LogP contribution in [0.2, 0.25) is 0 Å². The van der Waals surface area contributed by atoms with E-state index in [1.54, 1.807) is 0 Å². The van der Waals surface area contributed by atoms with Crippen LogP contribution >= 0.6 is 0 Å². The van der Waals surface area contributed by atoms with Crippen LogP contribution in [0.4, 0.5) is 5.82 Å². The van der Waals surface area contributed by atoms with E-state index in [0.717, 1.165) is 28.3 Å². The van der Waals surface area contributed by atoms with Crippen LogP contribution in [0.1, 0.15) is 16.7 Å². The van der Waals surface area contributed by atoms with Gasteiger partial charge >= 0.3 is 0 Å². The van der Waals surface area contributed by atoms with Crippen LogP contribution < -0.4 is 9.69 Å². The normalized spacial score (nSPS) is 10.8. The maximum absolute atomic E-state index is 5.17. The molecule has 2 heterocycles. The molecule has 4 nitrogen and oxygen atoms in total. The first-order chi connectivity index (χ1) is 16.7. The van der Waals surface area contributed by atoms with Crippen molar-refractivity contribution in [1.29, 1.82) is 0 Å². The van der Waals surface area contributed by atoms with Crippen molar-refractivity contribution in [3.8, 4) is 22.5 Å². The third-order valence-electron chi connectivity index (χ3n) is 5.72. The number of rotatable bonds is 6. The number of hydrogen-bond acceptors (Lipinski definition) is 3. The second kappa shape index (κ2) is 9.67. The highest BCUT2D eigenvalue weighted by Gasteiger charge is 2.24. The summed E-state index contributed by atoms with van der Waals surface area (Å²) in [5.74, 6) is 0.805. The summed E-state index contributed by atoms with van der Waals surface area (Å²) >= 11 is 0. The van der Waals surface area contributed by atoms with E-state index in [4.69, 9.17) is 9.97 Å². The van der Waals surface area contributed by atoms with Crippen LogP contribution in [0, 0.1) is 13.8 Å². The molecular formula is C30H27N4+. The Hall–Kier alpha value is -4.31. The van der Waals surface area contributed by atoms with Gasteiger partial charge in [0.25, 0.3) is 0 Å². The number of nitrogens with zero attached hydrogens (tertiary/aromatic N) is 4. The average molecular weight is 444 g/mol. The van der Waals surface area contributed by atoms with Gasteiger partial charge in [-0.25, -0.2) is 9.97 Å². The van der Waals surface area contributed by atoms with Gasteiger partial charge in [-0.1, -0.05) is 88.6 Å². The van der Waals surface area contributed by atoms with Crippen molar-refractivity contribution < 1.29 is 4.68 Å². The van der Waals surface area contributed by atoms with Gasteiger partial charge in [0.05, 0.1) is 11.9 Å². The standard InChI is InChI=1S/C30H27N4/c1-23-18-24(2)20-27(19-23)28-21-31-30(29(32-28)26-14-8-4-9-15-26)34(33-16-10-5-11-17-33)22-25-12-6-3-7-13-25/h3-21H,22H2,1-2H3/q+1. The molecule has 0 atom stereocenters. The molecule has 0 N–H and O–H groups in total. The Balaban J connectivity index is 1.69. The molecule has 0 bridgehead atoms. The smallest absolute Gasteiger partial charge is 0.215 e. The molecule has 0 fully saturated rings. The van der Waals surface area contributed by atoms with Gasteiger partial charge in [-0.05, 0) is 31.5 Å². The summed E-state index contributed by atoms with van der Waals surface area (Å²) in [6.07, 6.45) is 5.96.